The quantitative estimate of drug-likeness (QED) is 0.919. The van der Waals surface area contributed by atoms with E-state index in [-0.39, 0.29) is 6.04 Å². The van der Waals surface area contributed by atoms with E-state index in [0.29, 0.717) is 17.1 Å². The van der Waals surface area contributed by atoms with Gasteiger partial charge in [0.05, 0.1) is 6.61 Å². The van der Waals surface area contributed by atoms with Crippen LogP contribution in [-0.2, 0) is 0 Å². The molecule has 0 amide bonds. The molecule has 0 saturated carbocycles. The highest BCUT2D eigenvalue weighted by Crippen LogP contribution is 2.41. The van der Waals surface area contributed by atoms with Crippen LogP contribution < -0.4 is 10.5 Å². The molecule has 106 valence electrons. The zero-order valence-corrected chi connectivity index (χ0v) is 13.5. The lowest BCUT2D eigenvalue weighted by molar-refractivity contribution is 0.334. The molecule has 1 aromatic carbocycles. The highest BCUT2D eigenvalue weighted by molar-refractivity contribution is 8.07. The first-order valence-corrected chi connectivity index (χ1v) is 8.87. The van der Waals surface area contributed by atoms with Gasteiger partial charge in [0.2, 0.25) is 0 Å². The molecule has 0 spiro atoms. The molecule has 2 rings (SSSR count). The molecule has 2 N–H and O–H groups in total. The van der Waals surface area contributed by atoms with E-state index in [1.165, 1.54) is 0 Å². The van der Waals surface area contributed by atoms with Crippen molar-refractivity contribution in [2.45, 2.75) is 42.6 Å². The predicted octanol–water partition coefficient (Wildman–Crippen LogP) is 3.71. The average Bonchev–Trinajstić information content (AvgIpc) is 2.42. The Balaban J connectivity index is 2.13. The molecule has 0 bridgehead atoms. The second kappa shape index (κ2) is 6.91. The lowest BCUT2D eigenvalue weighted by Crippen LogP contribution is -2.34. The van der Waals surface area contributed by atoms with Crippen LogP contribution in [0.2, 0.25) is 0 Å². The van der Waals surface area contributed by atoms with E-state index in [1.807, 2.05) is 48.6 Å². The Morgan fingerprint density at radius 1 is 1.32 bits per heavy atom. The van der Waals surface area contributed by atoms with Gasteiger partial charge in [0.15, 0.2) is 0 Å². The lowest BCUT2D eigenvalue weighted by Gasteiger charge is -2.35. The first kappa shape index (κ1) is 15.1. The van der Waals surface area contributed by atoms with Gasteiger partial charge in [-0.15, -0.1) is 0 Å². The fourth-order valence-electron chi connectivity index (χ4n) is 2.24. The summed E-state index contributed by atoms with van der Waals surface area (Å²) >= 11 is 4.06. The van der Waals surface area contributed by atoms with Gasteiger partial charge in [0.25, 0.3) is 0 Å². The highest BCUT2D eigenvalue weighted by Gasteiger charge is 2.31. The topological polar surface area (TPSA) is 35.2 Å². The smallest absolute Gasteiger partial charge is 0.124 e. The number of hydrogen-bond acceptors (Lipinski definition) is 4. The van der Waals surface area contributed by atoms with Crippen molar-refractivity contribution in [1.29, 1.82) is 0 Å². The van der Waals surface area contributed by atoms with Crippen LogP contribution >= 0.6 is 23.5 Å². The Hall–Kier alpha value is -0.320. The molecule has 19 heavy (non-hydrogen) atoms. The van der Waals surface area contributed by atoms with Gasteiger partial charge in [-0.3, -0.25) is 0 Å². The molecule has 0 radical (unpaired) electrons. The van der Waals surface area contributed by atoms with Crippen molar-refractivity contribution >= 4 is 23.5 Å². The molecule has 1 saturated heterocycles. The van der Waals surface area contributed by atoms with Crippen molar-refractivity contribution in [3.63, 3.8) is 0 Å². The monoisotopic (exact) mass is 297 g/mol. The number of hydrogen-bond donors (Lipinski definition) is 1. The molecule has 4 heteroatoms. The van der Waals surface area contributed by atoms with Crippen LogP contribution in [-0.4, -0.2) is 28.1 Å². The molecule has 1 fully saturated rings. The third-order valence-corrected chi connectivity index (χ3v) is 7.07. The largest absolute Gasteiger partial charge is 0.494 e. The van der Waals surface area contributed by atoms with Crippen LogP contribution in [0.3, 0.4) is 0 Å². The molecule has 2 nitrogen and oxygen atoms in total. The maximum absolute atomic E-state index is 6.49. The van der Waals surface area contributed by atoms with Crippen molar-refractivity contribution in [3.8, 4) is 5.75 Å². The van der Waals surface area contributed by atoms with E-state index in [1.54, 1.807) is 0 Å². The standard InChI is InChI=1S/C15H23NOS2/c1-4-17-13-8-6-5-7-12(13)15(16)14-9-18-10(2)11(3)19-14/h5-8,10-11,14-15H,4,9,16H2,1-3H3. The normalized spacial score (nSPS) is 28.9. The van der Waals surface area contributed by atoms with Gasteiger partial charge in [0.1, 0.15) is 5.75 Å². The SMILES string of the molecule is CCOc1ccccc1C(N)C1CSC(C)C(C)S1. The maximum Gasteiger partial charge on any atom is 0.124 e. The predicted molar refractivity (Wildman–Crippen MR) is 87.3 cm³/mol. The summed E-state index contributed by atoms with van der Waals surface area (Å²) in [5, 5.41) is 1.85. The molecule has 4 unspecified atom stereocenters. The van der Waals surface area contributed by atoms with Crippen LogP contribution in [0.1, 0.15) is 32.4 Å². The van der Waals surface area contributed by atoms with E-state index < -0.39 is 0 Å². The minimum Gasteiger partial charge on any atom is -0.494 e. The summed E-state index contributed by atoms with van der Waals surface area (Å²) in [6.45, 7) is 7.30. The summed E-state index contributed by atoms with van der Waals surface area (Å²) in [5.41, 5.74) is 7.64. The third kappa shape index (κ3) is 3.61. The van der Waals surface area contributed by atoms with Gasteiger partial charge in [-0.2, -0.15) is 23.5 Å². The van der Waals surface area contributed by atoms with Crippen LogP contribution in [0.15, 0.2) is 24.3 Å². The molecular formula is C15H23NOS2. The zero-order chi connectivity index (χ0) is 13.8. The zero-order valence-electron chi connectivity index (χ0n) is 11.8. The number of nitrogens with two attached hydrogens (primary N) is 1. The average molecular weight is 297 g/mol. The van der Waals surface area contributed by atoms with Crippen molar-refractivity contribution in [2.24, 2.45) is 5.73 Å². The minimum atomic E-state index is 0.0511. The molecule has 4 atom stereocenters. The summed E-state index contributed by atoms with van der Waals surface area (Å²) in [5.74, 6) is 2.06. The highest BCUT2D eigenvalue weighted by atomic mass is 32.2. The van der Waals surface area contributed by atoms with Crippen LogP contribution in [0.5, 0.6) is 5.75 Å². The summed E-state index contributed by atoms with van der Waals surface area (Å²) in [6, 6.07) is 8.23. The van der Waals surface area contributed by atoms with E-state index in [2.05, 4.69) is 19.9 Å². The fourth-order valence-corrected chi connectivity index (χ4v) is 5.28. The number of ether oxygens (including phenoxy) is 1. The molecule has 1 aliphatic rings. The minimum absolute atomic E-state index is 0.0511. The summed E-state index contributed by atoms with van der Waals surface area (Å²) < 4.78 is 5.70. The summed E-state index contributed by atoms with van der Waals surface area (Å²) in [4.78, 5) is 0. The number of benzene rings is 1. The van der Waals surface area contributed by atoms with E-state index >= 15 is 0 Å². The summed E-state index contributed by atoms with van der Waals surface area (Å²) in [7, 11) is 0. The van der Waals surface area contributed by atoms with Crippen LogP contribution in [0, 0.1) is 0 Å². The van der Waals surface area contributed by atoms with Crippen molar-refractivity contribution < 1.29 is 4.74 Å². The Bertz CT molecular complexity index is 413. The Morgan fingerprint density at radius 3 is 2.74 bits per heavy atom. The maximum atomic E-state index is 6.49. The molecule has 1 heterocycles. The Labute approximate surface area is 124 Å². The number of para-hydroxylation sites is 1. The number of rotatable bonds is 4. The molecular weight excluding hydrogens is 274 g/mol. The van der Waals surface area contributed by atoms with Gasteiger partial charge in [-0.1, -0.05) is 32.0 Å². The first-order valence-electron chi connectivity index (χ1n) is 6.87. The van der Waals surface area contributed by atoms with Gasteiger partial charge in [-0.05, 0) is 13.0 Å². The van der Waals surface area contributed by atoms with Gasteiger partial charge in [-0.25, -0.2) is 0 Å². The summed E-state index contributed by atoms with van der Waals surface area (Å²) in [6.07, 6.45) is 0. The second-order valence-electron chi connectivity index (χ2n) is 4.91. The molecule has 1 aromatic rings. The van der Waals surface area contributed by atoms with Gasteiger partial charge >= 0.3 is 0 Å². The Kier molecular flexibility index (Phi) is 5.48. The molecule has 0 aliphatic carbocycles. The number of thioether (sulfide) groups is 2. The third-order valence-electron chi connectivity index (χ3n) is 3.55. The van der Waals surface area contributed by atoms with Crippen LogP contribution in [0.4, 0.5) is 0 Å². The molecule has 0 aromatic heterocycles. The van der Waals surface area contributed by atoms with Crippen molar-refractivity contribution in [1.82, 2.24) is 0 Å². The fraction of sp³-hybridized carbons (Fsp3) is 0.600. The van der Waals surface area contributed by atoms with Gasteiger partial charge in [0, 0.05) is 33.1 Å². The van der Waals surface area contributed by atoms with E-state index in [9.17, 15) is 0 Å². The Morgan fingerprint density at radius 2 is 2.05 bits per heavy atom. The van der Waals surface area contributed by atoms with Gasteiger partial charge < -0.3 is 10.5 Å². The van der Waals surface area contributed by atoms with E-state index in [4.69, 9.17) is 10.5 Å². The van der Waals surface area contributed by atoms with Crippen LogP contribution in [0.25, 0.3) is 0 Å². The van der Waals surface area contributed by atoms with E-state index in [0.717, 1.165) is 22.3 Å². The van der Waals surface area contributed by atoms with Crippen molar-refractivity contribution in [2.75, 3.05) is 12.4 Å². The lowest BCUT2D eigenvalue weighted by atomic mass is 10.0. The molecule has 1 aliphatic heterocycles. The second-order valence-corrected chi connectivity index (χ2v) is 7.95. The van der Waals surface area contributed by atoms with Crippen molar-refractivity contribution in [3.05, 3.63) is 29.8 Å². The first-order chi connectivity index (χ1) is 9.13.